The molecule has 22 heavy (non-hydrogen) atoms. The van der Waals surface area contributed by atoms with Gasteiger partial charge in [-0.1, -0.05) is 17.7 Å². The van der Waals surface area contributed by atoms with Gasteiger partial charge in [-0.2, -0.15) is 0 Å². The number of benzene rings is 1. The molecule has 0 fully saturated rings. The molecule has 1 aromatic carbocycles. The molecular weight excluding hydrogens is 304 g/mol. The SMILES string of the molecule is COc1ccc(C)cc1CCNC(=O)c1coc(CN)c1.Cl. The zero-order valence-corrected chi connectivity index (χ0v) is 13.5. The Kier molecular flexibility index (Phi) is 6.95. The molecule has 5 nitrogen and oxygen atoms in total. The van der Waals surface area contributed by atoms with Gasteiger partial charge in [0, 0.05) is 6.54 Å². The van der Waals surface area contributed by atoms with Gasteiger partial charge in [0.2, 0.25) is 0 Å². The molecule has 2 aromatic rings. The summed E-state index contributed by atoms with van der Waals surface area (Å²) in [4.78, 5) is 11.9. The van der Waals surface area contributed by atoms with Gasteiger partial charge in [0.1, 0.15) is 17.8 Å². The van der Waals surface area contributed by atoms with Crippen LogP contribution < -0.4 is 15.8 Å². The van der Waals surface area contributed by atoms with Gasteiger partial charge in [0.25, 0.3) is 5.91 Å². The number of hydrogen-bond donors (Lipinski definition) is 2. The standard InChI is InChI=1S/C16H20N2O3.ClH/c1-11-3-4-15(20-2)12(7-11)5-6-18-16(19)13-8-14(9-17)21-10-13;/h3-4,7-8,10H,5-6,9,17H2,1-2H3,(H,18,19);1H. The molecule has 0 aliphatic carbocycles. The van der Waals surface area contributed by atoms with Gasteiger partial charge in [0.05, 0.1) is 19.2 Å². The molecule has 1 heterocycles. The Hall–Kier alpha value is -1.98. The number of hydrogen-bond acceptors (Lipinski definition) is 4. The van der Waals surface area contributed by atoms with Crippen molar-refractivity contribution in [2.45, 2.75) is 19.9 Å². The van der Waals surface area contributed by atoms with Crippen molar-refractivity contribution < 1.29 is 13.9 Å². The molecule has 120 valence electrons. The minimum atomic E-state index is -0.162. The van der Waals surface area contributed by atoms with Crippen LogP contribution in [0.2, 0.25) is 0 Å². The fraction of sp³-hybridized carbons (Fsp3) is 0.312. The normalized spacial score (nSPS) is 9.95. The van der Waals surface area contributed by atoms with Crippen LogP contribution in [0.5, 0.6) is 5.75 Å². The molecule has 6 heteroatoms. The van der Waals surface area contributed by atoms with Crippen LogP contribution in [0.15, 0.2) is 34.9 Å². The summed E-state index contributed by atoms with van der Waals surface area (Å²) >= 11 is 0. The van der Waals surface area contributed by atoms with Crippen LogP contribution in [0.3, 0.4) is 0 Å². The quantitative estimate of drug-likeness (QED) is 0.855. The van der Waals surface area contributed by atoms with Crippen molar-refractivity contribution in [3.05, 3.63) is 53.0 Å². The summed E-state index contributed by atoms with van der Waals surface area (Å²) in [5.74, 6) is 1.27. The lowest BCUT2D eigenvalue weighted by Crippen LogP contribution is -2.25. The van der Waals surface area contributed by atoms with Crippen LogP contribution in [-0.2, 0) is 13.0 Å². The Bertz CT molecular complexity index is 626. The van der Waals surface area contributed by atoms with E-state index < -0.39 is 0 Å². The number of halogens is 1. The van der Waals surface area contributed by atoms with Gasteiger partial charge in [-0.25, -0.2) is 0 Å². The Morgan fingerprint density at radius 1 is 1.36 bits per heavy atom. The number of rotatable bonds is 6. The summed E-state index contributed by atoms with van der Waals surface area (Å²) in [6.07, 6.45) is 2.13. The Morgan fingerprint density at radius 3 is 2.77 bits per heavy atom. The van der Waals surface area contributed by atoms with Crippen LogP contribution >= 0.6 is 12.4 Å². The van der Waals surface area contributed by atoms with Gasteiger partial charge in [0.15, 0.2) is 0 Å². The highest BCUT2D eigenvalue weighted by Crippen LogP contribution is 2.19. The minimum Gasteiger partial charge on any atom is -0.496 e. The Balaban J connectivity index is 0.00000242. The monoisotopic (exact) mass is 324 g/mol. The first-order valence-electron chi connectivity index (χ1n) is 6.83. The maximum Gasteiger partial charge on any atom is 0.254 e. The minimum absolute atomic E-state index is 0. The number of nitrogens with two attached hydrogens (primary N) is 1. The smallest absolute Gasteiger partial charge is 0.254 e. The second-order valence-electron chi connectivity index (χ2n) is 4.83. The summed E-state index contributed by atoms with van der Waals surface area (Å²) in [7, 11) is 1.65. The first-order chi connectivity index (χ1) is 10.1. The molecule has 0 spiro atoms. The van der Waals surface area contributed by atoms with E-state index in [1.807, 2.05) is 19.1 Å². The van der Waals surface area contributed by atoms with E-state index in [-0.39, 0.29) is 24.9 Å². The zero-order chi connectivity index (χ0) is 15.2. The summed E-state index contributed by atoms with van der Waals surface area (Å²) in [6.45, 7) is 2.84. The lowest BCUT2D eigenvalue weighted by atomic mass is 10.1. The van der Waals surface area contributed by atoms with Gasteiger partial charge in [-0.3, -0.25) is 4.79 Å². The van der Waals surface area contributed by atoms with Crippen LogP contribution in [0.1, 0.15) is 27.2 Å². The molecule has 0 aliphatic rings. The van der Waals surface area contributed by atoms with Crippen LogP contribution in [0, 0.1) is 6.92 Å². The molecule has 0 atom stereocenters. The average Bonchev–Trinajstić information content (AvgIpc) is 2.96. The molecule has 2 rings (SSSR count). The van der Waals surface area contributed by atoms with Crippen molar-refractivity contribution in [2.24, 2.45) is 5.73 Å². The first-order valence-corrected chi connectivity index (χ1v) is 6.83. The summed E-state index contributed by atoms with van der Waals surface area (Å²) in [5, 5.41) is 2.86. The number of aryl methyl sites for hydroxylation is 1. The third-order valence-electron chi connectivity index (χ3n) is 3.23. The van der Waals surface area contributed by atoms with E-state index in [1.54, 1.807) is 13.2 Å². The highest BCUT2D eigenvalue weighted by molar-refractivity contribution is 5.93. The fourth-order valence-corrected chi connectivity index (χ4v) is 2.12. The Morgan fingerprint density at radius 2 is 2.14 bits per heavy atom. The lowest BCUT2D eigenvalue weighted by molar-refractivity contribution is 0.0953. The predicted molar refractivity (Wildman–Crippen MR) is 87.6 cm³/mol. The third-order valence-corrected chi connectivity index (χ3v) is 3.23. The van der Waals surface area contributed by atoms with Gasteiger partial charge >= 0.3 is 0 Å². The predicted octanol–water partition coefficient (Wildman–Crippen LogP) is 2.45. The van der Waals surface area contributed by atoms with Crippen LogP contribution in [0.4, 0.5) is 0 Å². The van der Waals surface area contributed by atoms with Gasteiger partial charge in [-0.05, 0) is 31.0 Å². The van der Waals surface area contributed by atoms with E-state index in [1.165, 1.54) is 11.8 Å². The van der Waals surface area contributed by atoms with Crippen LogP contribution in [-0.4, -0.2) is 19.6 Å². The van der Waals surface area contributed by atoms with Crippen molar-refractivity contribution in [1.82, 2.24) is 5.32 Å². The number of ether oxygens (including phenoxy) is 1. The first kappa shape index (κ1) is 18.1. The molecule has 1 aromatic heterocycles. The van der Waals surface area contributed by atoms with E-state index in [4.69, 9.17) is 14.9 Å². The molecule has 0 aliphatic heterocycles. The highest BCUT2D eigenvalue weighted by atomic mass is 35.5. The second-order valence-corrected chi connectivity index (χ2v) is 4.83. The number of methoxy groups -OCH3 is 1. The maximum atomic E-state index is 11.9. The van der Waals surface area contributed by atoms with E-state index in [9.17, 15) is 4.79 Å². The van der Waals surface area contributed by atoms with Gasteiger partial charge in [-0.15, -0.1) is 12.4 Å². The maximum absolute atomic E-state index is 11.9. The number of amides is 1. The largest absolute Gasteiger partial charge is 0.496 e. The highest BCUT2D eigenvalue weighted by Gasteiger charge is 2.10. The molecular formula is C16H21ClN2O3. The molecule has 0 radical (unpaired) electrons. The van der Waals surface area contributed by atoms with E-state index in [0.717, 1.165) is 11.3 Å². The van der Waals surface area contributed by atoms with Crippen molar-refractivity contribution >= 4 is 18.3 Å². The molecule has 1 amide bonds. The van der Waals surface area contributed by atoms with Crippen molar-refractivity contribution in [3.63, 3.8) is 0 Å². The summed E-state index contributed by atoms with van der Waals surface area (Å²) in [6, 6.07) is 7.66. The third kappa shape index (κ3) is 4.51. The molecule has 0 unspecified atom stereocenters. The molecule has 0 saturated carbocycles. The number of furan rings is 1. The molecule has 0 saturated heterocycles. The van der Waals surface area contributed by atoms with Crippen LogP contribution in [0.25, 0.3) is 0 Å². The fourth-order valence-electron chi connectivity index (χ4n) is 2.12. The van der Waals surface area contributed by atoms with E-state index in [2.05, 4.69) is 11.4 Å². The van der Waals surface area contributed by atoms with E-state index >= 15 is 0 Å². The number of carbonyl (C=O) groups is 1. The topological polar surface area (TPSA) is 77.5 Å². The van der Waals surface area contributed by atoms with Crippen molar-refractivity contribution in [1.29, 1.82) is 0 Å². The number of nitrogens with one attached hydrogen (secondary N) is 1. The van der Waals surface area contributed by atoms with Gasteiger partial charge < -0.3 is 20.2 Å². The van der Waals surface area contributed by atoms with Crippen molar-refractivity contribution in [2.75, 3.05) is 13.7 Å². The molecule has 3 N–H and O–H groups in total. The Labute approximate surface area is 136 Å². The molecule has 0 bridgehead atoms. The lowest BCUT2D eigenvalue weighted by Gasteiger charge is -2.10. The van der Waals surface area contributed by atoms with Crippen molar-refractivity contribution in [3.8, 4) is 5.75 Å². The zero-order valence-electron chi connectivity index (χ0n) is 12.7. The summed E-state index contributed by atoms with van der Waals surface area (Å²) in [5.41, 5.74) is 8.18. The summed E-state index contributed by atoms with van der Waals surface area (Å²) < 4.78 is 10.5. The number of carbonyl (C=O) groups excluding carboxylic acids is 1. The average molecular weight is 325 g/mol. The second kappa shape index (κ2) is 8.46. The van der Waals surface area contributed by atoms with E-state index in [0.29, 0.717) is 24.3 Å².